The van der Waals surface area contributed by atoms with E-state index in [0.717, 1.165) is 9.79 Å². The number of hydrogen-bond donors (Lipinski definition) is 0. The molecule has 0 amide bonds. The third-order valence-corrected chi connectivity index (χ3v) is 5.25. The summed E-state index contributed by atoms with van der Waals surface area (Å²) in [5.74, 6) is 0.995. The van der Waals surface area contributed by atoms with Crippen molar-refractivity contribution in [1.82, 2.24) is 0 Å². The second-order valence-corrected chi connectivity index (χ2v) is 6.52. The molecular formula is C16H12N2O4S2. The van der Waals surface area contributed by atoms with Crippen molar-refractivity contribution in [1.29, 1.82) is 0 Å². The van der Waals surface area contributed by atoms with Crippen LogP contribution in [-0.2, 0) is 9.59 Å². The van der Waals surface area contributed by atoms with Crippen LogP contribution < -0.4 is 9.47 Å². The van der Waals surface area contributed by atoms with E-state index in [0.29, 0.717) is 22.9 Å². The highest BCUT2D eigenvalue weighted by molar-refractivity contribution is 8.76. The summed E-state index contributed by atoms with van der Waals surface area (Å²) < 4.78 is 10.4. The third-order valence-electron chi connectivity index (χ3n) is 2.87. The molecule has 0 saturated heterocycles. The monoisotopic (exact) mass is 360 g/mol. The lowest BCUT2D eigenvalue weighted by molar-refractivity contribution is 0.415. The summed E-state index contributed by atoms with van der Waals surface area (Å²) in [6.07, 6.45) is 2.99. The van der Waals surface area contributed by atoms with Gasteiger partial charge in [-0.25, -0.2) is 9.59 Å². The molecule has 0 unspecified atom stereocenters. The summed E-state index contributed by atoms with van der Waals surface area (Å²) in [5, 5.41) is 0. The van der Waals surface area contributed by atoms with E-state index in [1.54, 1.807) is 24.3 Å². The van der Waals surface area contributed by atoms with Gasteiger partial charge in [0.25, 0.3) is 0 Å². The highest BCUT2D eigenvalue weighted by Gasteiger charge is 2.07. The molecule has 0 atom stereocenters. The third kappa shape index (κ3) is 4.50. The van der Waals surface area contributed by atoms with Crippen LogP contribution in [0.25, 0.3) is 0 Å². The molecule has 0 bridgehead atoms. The van der Waals surface area contributed by atoms with E-state index >= 15 is 0 Å². The number of hydrogen-bond acceptors (Lipinski definition) is 8. The van der Waals surface area contributed by atoms with Gasteiger partial charge in [-0.05, 0) is 36.4 Å². The van der Waals surface area contributed by atoms with Gasteiger partial charge in [0, 0.05) is 9.79 Å². The number of nitrogens with zero attached hydrogens (tertiary/aromatic N) is 2. The molecule has 2 aromatic rings. The van der Waals surface area contributed by atoms with E-state index in [1.807, 2.05) is 12.1 Å². The van der Waals surface area contributed by atoms with Gasteiger partial charge >= 0.3 is 0 Å². The van der Waals surface area contributed by atoms with Crippen molar-refractivity contribution >= 4 is 45.1 Å². The molecule has 6 nitrogen and oxygen atoms in total. The van der Waals surface area contributed by atoms with Crippen molar-refractivity contribution < 1.29 is 19.1 Å². The summed E-state index contributed by atoms with van der Waals surface area (Å²) in [6.45, 7) is 0. The Morgan fingerprint density at radius 3 is 1.54 bits per heavy atom. The fourth-order valence-corrected chi connectivity index (χ4v) is 3.75. The highest BCUT2D eigenvalue weighted by Crippen LogP contribution is 2.42. The number of carbonyl (C=O) groups excluding carboxylic acids is 2. The maximum atomic E-state index is 10.4. The van der Waals surface area contributed by atoms with Crippen LogP contribution in [0.5, 0.6) is 11.5 Å². The van der Waals surface area contributed by atoms with Crippen LogP contribution in [0.4, 0.5) is 11.4 Å². The Kier molecular flexibility index (Phi) is 6.66. The van der Waals surface area contributed by atoms with E-state index in [-0.39, 0.29) is 0 Å². The maximum Gasteiger partial charge on any atom is 0.240 e. The minimum atomic E-state index is 0.430. The van der Waals surface area contributed by atoms with Gasteiger partial charge < -0.3 is 9.47 Å². The number of aliphatic imine (C=N–C) groups is 2. The first-order valence-electron chi connectivity index (χ1n) is 6.58. The summed E-state index contributed by atoms with van der Waals surface area (Å²) in [7, 11) is 6.03. The lowest BCUT2D eigenvalue weighted by atomic mass is 10.3. The number of rotatable bonds is 7. The van der Waals surface area contributed by atoms with E-state index in [2.05, 4.69) is 9.98 Å². The lowest BCUT2D eigenvalue weighted by Gasteiger charge is -2.08. The quantitative estimate of drug-likeness (QED) is 0.413. The van der Waals surface area contributed by atoms with Crippen LogP contribution in [0.1, 0.15) is 0 Å². The van der Waals surface area contributed by atoms with Crippen LogP contribution in [-0.4, -0.2) is 26.4 Å². The topological polar surface area (TPSA) is 77.3 Å². The SMILES string of the molecule is COc1cc(SSc2ccc(N=C=O)c(OC)c2)ccc1N=C=O. The molecule has 0 fully saturated rings. The van der Waals surface area contributed by atoms with E-state index < -0.39 is 0 Å². The average Bonchev–Trinajstić information content (AvgIpc) is 2.62. The predicted octanol–water partition coefficient (Wildman–Crippen LogP) is 4.44. The molecule has 8 heteroatoms. The molecule has 0 N–H and O–H groups in total. The molecule has 0 radical (unpaired) electrons. The van der Waals surface area contributed by atoms with Crippen molar-refractivity contribution in [3.63, 3.8) is 0 Å². The second kappa shape index (κ2) is 8.96. The molecule has 0 aliphatic carbocycles. The zero-order chi connectivity index (χ0) is 17.4. The Bertz CT molecular complexity index is 759. The Hall–Kier alpha value is -2.50. The average molecular weight is 360 g/mol. The Balaban J connectivity index is 2.16. The van der Waals surface area contributed by atoms with Crippen LogP contribution in [0.15, 0.2) is 56.2 Å². The van der Waals surface area contributed by atoms with Gasteiger partial charge in [0.05, 0.1) is 14.2 Å². The zero-order valence-electron chi connectivity index (χ0n) is 12.8. The number of isocyanates is 2. The van der Waals surface area contributed by atoms with Crippen LogP contribution in [0.3, 0.4) is 0 Å². The first kappa shape index (κ1) is 17.8. The van der Waals surface area contributed by atoms with Gasteiger partial charge in [-0.1, -0.05) is 21.6 Å². The van der Waals surface area contributed by atoms with Crippen molar-refractivity contribution in [3.05, 3.63) is 36.4 Å². The second-order valence-electron chi connectivity index (χ2n) is 4.24. The minimum Gasteiger partial charge on any atom is -0.494 e. The standard InChI is InChI=1S/C16H12N2O4S2/c1-21-15-7-11(3-5-13(15)17-9-19)23-24-12-4-6-14(18-10-20)16(8-12)22-2/h3-8H,1-2H3. The summed E-state index contributed by atoms with van der Waals surface area (Å²) in [5.41, 5.74) is 0.860. The largest absolute Gasteiger partial charge is 0.494 e. The van der Waals surface area contributed by atoms with Gasteiger partial charge in [0.15, 0.2) is 0 Å². The summed E-state index contributed by atoms with van der Waals surface area (Å²) in [6, 6.07) is 10.6. The molecule has 0 heterocycles. The van der Waals surface area contributed by atoms with Gasteiger partial charge in [0.1, 0.15) is 22.9 Å². The molecule has 2 rings (SSSR count). The zero-order valence-corrected chi connectivity index (χ0v) is 14.4. The maximum absolute atomic E-state index is 10.4. The molecule has 0 aromatic heterocycles. The van der Waals surface area contributed by atoms with Gasteiger partial charge in [-0.2, -0.15) is 9.98 Å². The molecule has 0 aliphatic rings. The van der Waals surface area contributed by atoms with E-state index in [4.69, 9.17) is 9.47 Å². The van der Waals surface area contributed by atoms with Crippen molar-refractivity contribution in [2.24, 2.45) is 9.98 Å². The van der Waals surface area contributed by atoms with Gasteiger partial charge in [-0.3, -0.25) is 0 Å². The van der Waals surface area contributed by atoms with Gasteiger partial charge in [-0.15, -0.1) is 0 Å². The Morgan fingerprint density at radius 1 is 0.792 bits per heavy atom. The van der Waals surface area contributed by atoms with Crippen molar-refractivity contribution in [2.75, 3.05) is 14.2 Å². The summed E-state index contributed by atoms with van der Waals surface area (Å²) >= 11 is 0. The first-order valence-corrected chi connectivity index (χ1v) is 8.73. The number of benzene rings is 2. The summed E-state index contributed by atoms with van der Waals surface area (Å²) in [4.78, 5) is 29.8. The molecular weight excluding hydrogens is 348 g/mol. The van der Waals surface area contributed by atoms with Crippen LogP contribution in [0, 0.1) is 0 Å². The van der Waals surface area contributed by atoms with Crippen molar-refractivity contribution in [2.45, 2.75) is 9.79 Å². The Morgan fingerprint density at radius 2 is 1.21 bits per heavy atom. The van der Waals surface area contributed by atoms with Crippen molar-refractivity contribution in [3.8, 4) is 11.5 Å². The molecule has 122 valence electrons. The first-order chi connectivity index (χ1) is 11.7. The molecule has 0 aliphatic heterocycles. The van der Waals surface area contributed by atoms with Gasteiger partial charge in [0.2, 0.25) is 12.2 Å². The Labute approximate surface area is 146 Å². The van der Waals surface area contributed by atoms with Crippen LogP contribution in [0.2, 0.25) is 0 Å². The molecule has 0 saturated carbocycles. The molecule has 2 aromatic carbocycles. The predicted molar refractivity (Wildman–Crippen MR) is 93.3 cm³/mol. The minimum absolute atomic E-state index is 0.430. The normalized spacial score (nSPS) is 9.58. The molecule has 24 heavy (non-hydrogen) atoms. The lowest BCUT2D eigenvalue weighted by Crippen LogP contribution is -1.84. The number of ether oxygens (including phenoxy) is 2. The fraction of sp³-hybridized carbons (Fsp3) is 0.125. The highest BCUT2D eigenvalue weighted by atomic mass is 33.1. The molecule has 0 spiro atoms. The number of methoxy groups -OCH3 is 2. The van der Waals surface area contributed by atoms with Crippen LogP contribution >= 0.6 is 21.6 Å². The van der Waals surface area contributed by atoms with E-state index in [9.17, 15) is 9.59 Å². The van der Waals surface area contributed by atoms with E-state index in [1.165, 1.54) is 48.0 Å². The fourth-order valence-electron chi connectivity index (χ4n) is 1.80. The smallest absolute Gasteiger partial charge is 0.240 e.